The molecule has 3 heterocycles. The first-order valence-corrected chi connectivity index (χ1v) is 11.3. The molecule has 0 N–H and O–H groups in total. The lowest BCUT2D eigenvalue weighted by atomic mass is 9.68. The highest BCUT2D eigenvalue weighted by molar-refractivity contribution is 5.61. The third-order valence-corrected chi connectivity index (χ3v) is 6.59. The number of aryl methyl sites for hydroxylation is 1. The van der Waals surface area contributed by atoms with Gasteiger partial charge in [-0.2, -0.15) is 18.4 Å². The van der Waals surface area contributed by atoms with E-state index < -0.39 is 17.2 Å². The number of carbonyl (C=O) groups is 1. The summed E-state index contributed by atoms with van der Waals surface area (Å²) in [7, 11) is 0. The lowest BCUT2D eigenvalue weighted by molar-refractivity contribution is -0.137. The standard InChI is InChI=1S/C16H17F3N2O.C11H10N2/c1-12(13-2-4-14(5-3-13)16(17,18)19)15(10-20)6-8-21(11-22)9-7-15;1-9-3-2-6-13-11(9)10-4-7-12-8-5-10/h2-5,11-12H,6-9H2,1H3;2-8H,1H3. The quantitative estimate of drug-likeness (QED) is 0.428. The topological polar surface area (TPSA) is 69.9 Å². The van der Waals surface area contributed by atoms with Gasteiger partial charge in [0.05, 0.1) is 22.7 Å². The van der Waals surface area contributed by atoms with E-state index in [1.807, 2.05) is 31.3 Å². The van der Waals surface area contributed by atoms with Crippen LogP contribution in [0.5, 0.6) is 0 Å². The zero-order valence-electron chi connectivity index (χ0n) is 19.7. The third-order valence-electron chi connectivity index (χ3n) is 6.59. The predicted octanol–water partition coefficient (Wildman–Crippen LogP) is 6.02. The molecule has 1 fully saturated rings. The van der Waals surface area contributed by atoms with Crippen LogP contribution in [0.2, 0.25) is 0 Å². The summed E-state index contributed by atoms with van der Waals surface area (Å²) >= 11 is 0. The average molecular weight is 481 g/mol. The van der Waals surface area contributed by atoms with E-state index in [1.54, 1.807) is 17.3 Å². The first kappa shape index (κ1) is 25.9. The molecule has 1 saturated heterocycles. The van der Waals surface area contributed by atoms with E-state index in [9.17, 15) is 23.2 Å². The fourth-order valence-corrected chi connectivity index (χ4v) is 4.25. The van der Waals surface area contributed by atoms with Gasteiger partial charge in [0.25, 0.3) is 0 Å². The number of hydrogen-bond acceptors (Lipinski definition) is 4. The molecular weight excluding hydrogens is 453 g/mol. The van der Waals surface area contributed by atoms with Gasteiger partial charge in [0, 0.05) is 37.2 Å². The van der Waals surface area contributed by atoms with Crippen LogP contribution in [0.25, 0.3) is 11.3 Å². The summed E-state index contributed by atoms with van der Waals surface area (Å²) in [5, 5.41) is 9.58. The molecule has 8 heteroatoms. The zero-order chi connectivity index (χ0) is 25.5. The zero-order valence-corrected chi connectivity index (χ0v) is 19.7. The Hall–Kier alpha value is -3.73. The Kier molecular flexibility index (Phi) is 8.23. The Morgan fingerprint density at radius 2 is 1.69 bits per heavy atom. The molecular formula is C27H27F3N4O. The molecule has 0 spiro atoms. The molecule has 1 aromatic carbocycles. The van der Waals surface area contributed by atoms with Crippen LogP contribution in [-0.2, 0) is 11.0 Å². The molecule has 35 heavy (non-hydrogen) atoms. The number of aromatic nitrogens is 2. The molecule has 1 atom stereocenters. The van der Waals surface area contributed by atoms with Gasteiger partial charge in [-0.3, -0.25) is 14.8 Å². The van der Waals surface area contributed by atoms with Gasteiger partial charge in [-0.15, -0.1) is 0 Å². The molecule has 0 bridgehead atoms. The van der Waals surface area contributed by atoms with Crippen LogP contribution in [0.4, 0.5) is 13.2 Å². The Labute approximate surface area is 203 Å². The van der Waals surface area contributed by atoms with Crippen molar-refractivity contribution in [3.8, 4) is 17.3 Å². The van der Waals surface area contributed by atoms with Crippen LogP contribution in [-0.4, -0.2) is 34.4 Å². The van der Waals surface area contributed by atoms with Crippen molar-refractivity contribution in [3.63, 3.8) is 0 Å². The van der Waals surface area contributed by atoms with Crippen LogP contribution in [0.1, 0.15) is 42.4 Å². The minimum atomic E-state index is -4.36. The lowest BCUT2D eigenvalue weighted by Gasteiger charge is -2.39. The molecule has 182 valence electrons. The van der Waals surface area contributed by atoms with E-state index in [4.69, 9.17) is 0 Å². The van der Waals surface area contributed by atoms with E-state index in [0.717, 1.165) is 29.8 Å². The summed E-state index contributed by atoms with van der Waals surface area (Å²) in [5.41, 5.74) is 2.73. The summed E-state index contributed by atoms with van der Waals surface area (Å²) in [4.78, 5) is 20.7. The van der Waals surface area contributed by atoms with E-state index in [2.05, 4.69) is 29.0 Å². The molecule has 1 aliphatic heterocycles. The number of hydrogen-bond donors (Lipinski definition) is 0. The van der Waals surface area contributed by atoms with Gasteiger partial charge < -0.3 is 4.90 Å². The predicted molar refractivity (Wildman–Crippen MR) is 127 cm³/mol. The van der Waals surface area contributed by atoms with Crippen molar-refractivity contribution >= 4 is 6.41 Å². The summed E-state index contributed by atoms with van der Waals surface area (Å²) in [6.07, 6.45) is 2.85. The maximum Gasteiger partial charge on any atom is 0.416 e. The number of amides is 1. The van der Waals surface area contributed by atoms with E-state index in [0.29, 0.717) is 31.5 Å². The van der Waals surface area contributed by atoms with Crippen molar-refractivity contribution in [2.75, 3.05) is 13.1 Å². The second-order valence-electron chi connectivity index (χ2n) is 8.66. The number of benzene rings is 1. The highest BCUT2D eigenvalue weighted by Gasteiger charge is 2.40. The number of piperidine rings is 1. The fourth-order valence-electron chi connectivity index (χ4n) is 4.25. The van der Waals surface area contributed by atoms with E-state index in [-0.39, 0.29) is 5.92 Å². The average Bonchev–Trinajstić information content (AvgIpc) is 2.89. The molecule has 5 nitrogen and oxygen atoms in total. The minimum Gasteiger partial charge on any atom is -0.345 e. The molecule has 1 amide bonds. The van der Waals surface area contributed by atoms with Gasteiger partial charge in [-0.1, -0.05) is 25.1 Å². The fraction of sp³-hybridized carbons (Fsp3) is 0.333. The van der Waals surface area contributed by atoms with Gasteiger partial charge in [0.1, 0.15) is 0 Å². The smallest absolute Gasteiger partial charge is 0.345 e. The van der Waals surface area contributed by atoms with Crippen LogP contribution < -0.4 is 0 Å². The number of nitrogens with zero attached hydrogens (tertiary/aromatic N) is 4. The maximum absolute atomic E-state index is 12.6. The molecule has 0 saturated carbocycles. The largest absolute Gasteiger partial charge is 0.416 e. The number of likely N-dealkylation sites (tertiary alicyclic amines) is 1. The summed E-state index contributed by atoms with van der Waals surface area (Å²) < 4.78 is 37.8. The van der Waals surface area contributed by atoms with Crippen molar-refractivity contribution in [3.05, 3.63) is 83.8 Å². The summed E-state index contributed by atoms with van der Waals surface area (Å²) in [6.45, 7) is 4.93. The van der Waals surface area contributed by atoms with Crippen molar-refractivity contribution in [1.29, 1.82) is 5.26 Å². The molecule has 1 unspecified atom stereocenters. The number of halogens is 3. The van der Waals surface area contributed by atoms with Crippen LogP contribution in [0.15, 0.2) is 67.1 Å². The first-order chi connectivity index (χ1) is 16.7. The highest BCUT2D eigenvalue weighted by atomic mass is 19.4. The summed E-state index contributed by atoms with van der Waals surface area (Å²) in [5.74, 6) is -0.186. The number of pyridine rings is 2. The number of rotatable bonds is 4. The first-order valence-electron chi connectivity index (χ1n) is 11.3. The SMILES string of the molecule is CC(c1ccc(C(F)(F)F)cc1)C1(C#N)CCN(C=O)CC1.Cc1cccnc1-c1ccncc1. The highest BCUT2D eigenvalue weighted by Crippen LogP contribution is 2.44. The molecule has 4 rings (SSSR count). The molecule has 1 aliphatic rings. The number of nitriles is 1. The van der Waals surface area contributed by atoms with E-state index >= 15 is 0 Å². The molecule has 0 aliphatic carbocycles. The Balaban J connectivity index is 0.000000223. The van der Waals surface area contributed by atoms with Crippen LogP contribution >= 0.6 is 0 Å². The van der Waals surface area contributed by atoms with E-state index in [1.165, 1.54) is 17.7 Å². The number of carbonyl (C=O) groups excluding carboxylic acids is 1. The second kappa shape index (κ2) is 11.1. The van der Waals surface area contributed by atoms with Gasteiger partial charge in [-0.25, -0.2) is 0 Å². The Bertz CT molecular complexity index is 1150. The van der Waals surface area contributed by atoms with Gasteiger partial charge in [0.2, 0.25) is 6.41 Å². The monoisotopic (exact) mass is 480 g/mol. The summed E-state index contributed by atoms with van der Waals surface area (Å²) in [6, 6.07) is 15.3. The molecule has 3 aromatic rings. The maximum atomic E-state index is 12.6. The van der Waals surface area contributed by atoms with Crippen molar-refractivity contribution < 1.29 is 18.0 Å². The van der Waals surface area contributed by atoms with Gasteiger partial charge in [-0.05, 0) is 67.1 Å². The van der Waals surface area contributed by atoms with Crippen LogP contribution in [0, 0.1) is 23.7 Å². The normalized spacial score (nSPS) is 15.8. The number of alkyl halides is 3. The minimum absolute atomic E-state index is 0.186. The van der Waals surface area contributed by atoms with Gasteiger partial charge in [0.15, 0.2) is 0 Å². The van der Waals surface area contributed by atoms with Gasteiger partial charge >= 0.3 is 6.18 Å². The Morgan fingerprint density at radius 1 is 1.06 bits per heavy atom. The molecule has 2 aromatic heterocycles. The third kappa shape index (κ3) is 6.24. The van der Waals surface area contributed by atoms with Crippen LogP contribution in [0.3, 0.4) is 0 Å². The lowest BCUT2D eigenvalue weighted by Crippen LogP contribution is -2.41. The molecule has 0 radical (unpaired) electrons. The van der Waals surface area contributed by atoms with Crippen molar-refractivity contribution in [2.24, 2.45) is 5.41 Å². The van der Waals surface area contributed by atoms with Crippen molar-refractivity contribution in [1.82, 2.24) is 14.9 Å². The van der Waals surface area contributed by atoms with Crippen molar-refractivity contribution in [2.45, 2.75) is 38.8 Å². The second-order valence-corrected chi connectivity index (χ2v) is 8.66. The Morgan fingerprint density at radius 3 is 2.20 bits per heavy atom.